The van der Waals surface area contributed by atoms with Gasteiger partial charge in [0, 0.05) is 29.2 Å². The first-order valence-corrected chi connectivity index (χ1v) is 20.0. The van der Waals surface area contributed by atoms with Gasteiger partial charge < -0.3 is 20.7 Å². The molecule has 2 amide bonds. The highest BCUT2D eigenvalue weighted by Crippen LogP contribution is 2.48. The number of nitrogens with one attached hydrogen (secondary N) is 3. The lowest BCUT2D eigenvalue weighted by atomic mass is 9.84. The van der Waals surface area contributed by atoms with Gasteiger partial charge in [-0.15, -0.1) is 11.8 Å². The molecule has 0 fully saturated rings. The number of rotatable bonds is 16. The van der Waals surface area contributed by atoms with Crippen LogP contribution in [0.3, 0.4) is 0 Å². The number of aryl methyl sites for hydroxylation is 2. The van der Waals surface area contributed by atoms with Crippen LogP contribution in [-0.4, -0.2) is 35.9 Å². The van der Waals surface area contributed by atoms with Crippen molar-refractivity contribution in [3.05, 3.63) is 166 Å². The minimum atomic E-state index is -0.652. The third kappa shape index (κ3) is 10.6. The van der Waals surface area contributed by atoms with Gasteiger partial charge in [0.1, 0.15) is 5.60 Å². The van der Waals surface area contributed by atoms with Gasteiger partial charge in [-0.3, -0.25) is 4.79 Å². The molecule has 0 saturated carbocycles. The summed E-state index contributed by atoms with van der Waals surface area (Å²) in [6.07, 6.45) is 3.69. The fourth-order valence-corrected chi connectivity index (χ4v) is 8.16. The Morgan fingerprint density at radius 3 is 1.87 bits per heavy atom. The van der Waals surface area contributed by atoms with Crippen molar-refractivity contribution in [2.24, 2.45) is 0 Å². The molecule has 0 aliphatic heterocycles. The predicted octanol–water partition coefficient (Wildman–Crippen LogP) is 11.3. The third-order valence-electron chi connectivity index (χ3n) is 9.58. The standard InChI is InChI=1S/C47H55N3O3S/c1-7-8-12-21-36-29-30-37(44(51)50-42-28-19-20-34(2)35(42)3)31-43(36)48-32-41(49-45(52)53-46(4,5)6)33-54-47(38-22-13-9-14-23-38,39-24-15-10-16-25-39)40-26-17-11-18-27-40/h9-11,13-20,22-31,41,48H,7-8,12,21,32-33H2,1-6H3,(H,49,52)(H,50,51)/t41-/m1/s1. The van der Waals surface area contributed by atoms with E-state index in [1.165, 1.54) is 0 Å². The molecule has 0 saturated heterocycles. The molecule has 3 N–H and O–H groups in total. The molecule has 0 bridgehead atoms. The Labute approximate surface area is 326 Å². The van der Waals surface area contributed by atoms with Gasteiger partial charge in [-0.2, -0.15) is 0 Å². The number of hydrogen-bond acceptors (Lipinski definition) is 5. The molecule has 282 valence electrons. The molecule has 0 aliphatic carbocycles. The van der Waals surface area contributed by atoms with Crippen LogP contribution in [0.1, 0.15) is 90.7 Å². The SMILES string of the molecule is CCCCCc1ccc(C(=O)Nc2cccc(C)c2C)cc1NC[C@H](CSC(c1ccccc1)(c1ccccc1)c1ccccc1)NC(=O)OC(C)(C)C. The van der Waals surface area contributed by atoms with Crippen LogP contribution in [0.15, 0.2) is 127 Å². The van der Waals surface area contributed by atoms with Crippen LogP contribution >= 0.6 is 11.8 Å². The van der Waals surface area contributed by atoms with E-state index in [-0.39, 0.29) is 11.9 Å². The Kier molecular flexibility index (Phi) is 14.0. The average Bonchev–Trinajstić information content (AvgIpc) is 3.16. The third-order valence-corrected chi connectivity index (χ3v) is 11.3. The molecule has 5 aromatic carbocycles. The molecule has 0 heterocycles. The van der Waals surface area contributed by atoms with Gasteiger partial charge >= 0.3 is 6.09 Å². The molecule has 54 heavy (non-hydrogen) atoms. The van der Waals surface area contributed by atoms with Crippen molar-refractivity contribution < 1.29 is 14.3 Å². The normalized spacial score (nSPS) is 12.1. The molecule has 0 aromatic heterocycles. The number of unbranched alkanes of at least 4 members (excludes halogenated alkanes) is 2. The van der Waals surface area contributed by atoms with Crippen molar-refractivity contribution in [3.63, 3.8) is 0 Å². The van der Waals surface area contributed by atoms with Gasteiger partial charge in [0.25, 0.3) is 5.91 Å². The summed E-state index contributed by atoms with van der Waals surface area (Å²) in [5, 5.41) is 10.00. The highest BCUT2D eigenvalue weighted by atomic mass is 32.2. The number of carbonyl (C=O) groups is 2. The summed E-state index contributed by atoms with van der Waals surface area (Å²) in [5.74, 6) is 0.396. The van der Waals surface area contributed by atoms with E-state index in [1.54, 1.807) is 11.8 Å². The van der Waals surface area contributed by atoms with E-state index in [9.17, 15) is 9.59 Å². The first kappa shape index (κ1) is 40.2. The molecular weight excluding hydrogens is 687 g/mol. The number of hydrogen-bond donors (Lipinski definition) is 3. The Morgan fingerprint density at radius 1 is 0.722 bits per heavy atom. The lowest BCUT2D eigenvalue weighted by molar-refractivity contribution is 0.0512. The van der Waals surface area contributed by atoms with Gasteiger partial charge in [-0.1, -0.05) is 129 Å². The monoisotopic (exact) mass is 741 g/mol. The summed E-state index contributed by atoms with van der Waals surface area (Å²) in [5.41, 5.74) is 8.38. The fraction of sp³-hybridized carbons (Fsp3) is 0.319. The van der Waals surface area contributed by atoms with Crippen LogP contribution in [0.4, 0.5) is 16.2 Å². The van der Waals surface area contributed by atoms with Crippen LogP contribution in [0.5, 0.6) is 0 Å². The number of anilines is 2. The van der Waals surface area contributed by atoms with Gasteiger partial charge in [0.05, 0.1) is 10.8 Å². The van der Waals surface area contributed by atoms with Crippen molar-refractivity contribution in [1.29, 1.82) is 0 Å². The van der Waals surface area contributed by atoms with Crippen molar-refractivity contribution in [1.82, 2.24) is 5.32 Å². The summed E-state index contributed by atoms with van der Waals surface area (Å²) in [4.78, 5) is 27.0. The van der Waals surface area contributed by atoms with Gasteiger partial charge in [-0.25, -0.2) is 4.79 Å². The zero-order valence-corrected chi connectivity index (χ0v) is 33.4. The zero-order valence-electron chi connectivity index (χ0n) is 32.6. The first-order valence-electron chi connectivity index (χ1n) is 19.0. The molecular formula is C47H55N3O3S. The number of ether oxygens (including phenoxy) is 1. The van der Waals surface area contributed by atoms with Gasteiger partial charge in [0.15, 0.2) is 0 Å². The lowest BCUT2D eigenvalue weighted by Crippen LogP contribution is -2.45. The van der Waals surface area contributed by atoms with Crippen LogP contribution < -0.4 is 16.0 Å². The molecule has 5 rings (SSSR count). The number of carbonyl (C=O) groups excluding carboxylic acids is 2. The smallest absolute Gasteiger partial charge is 0.407 e. The van der Waals surface area contributed by atoms with E-state index >= 15 is 0 Å². The number of thioether (sulfide) groups is 1. The first-order chi connectivity index (χ1) is 26.0. The highest BCUT2D eigenvalue weighted by molar-refractivity contribution is 8.00. The maximum Gasteiger partial charge on any atom is 0.407 e. The summed E-state index contributed by atoms with van der Waals surface area (Å²) in [7, 11) is 0. The van der Waals surface area contributed by atoms with Gasteiger partial charge in [-0.05, 0) is 99.0 Å². The second kappa shape index (κ2) is 18.8. The number of alkyl carbamates (subject to hydrolysis) is 1. The summed E-state index contributed by atoms with van der Waals surface area (Å²) < 4.78 is 5.22. The van der Waals surface area contributed by atoms with E-state index < -0.39 is 16.4 Å². The highest BCUT2D eigenvalue weighted by Gasteiger charge is 2.38. The minimum Gasteiger partial charge on any atom is -0.444 e. The van der Waals surface area contributed by atoms with Gasteiger partial charge in [0.2, 0.25) is 0 Å². The summed E-state index contributed by atoms with van der Waals surface area (Å²) >= 11 is 1.79. The second-order valence-electron chi connectivity index (χ2n) is 14.8. The predicted molar refractivity (Wildman–Crippen MR) is 227 cm³/mol. The van der Waals surface area contributed by atoms with E-state index in [0.29, 0.717) is 17.9 Å². The van der Waals surface area contributed by atoms with E-state index in [2.05, 4.69) is 102 Å². The van der Waals surface area contributed by atoms with Crippen molar-refractivity contribution >= 4 is 35.1 Å². The van der Waals surface area contributed by atoms with Crippen molar-refractivity contribution in [2.45, 2.75) is 83.6 Å². The van der Waals surface area contributed by atoms with E-state index in [1.807, 2.05) is 83.1 Å². The maximum absolute atomic E-state index is 13.6. The van der Waals surface area contributed by atoms with Crippen LogP contribution in [0.2, 0.25) is 0 Å². The average molecular weight is 742 g/mol. The van der Waals surface area contributed by atoms with E-state index in [4.69, 9.17) is 4.74 Å². The second-order valence-corrected chi connectivity index (χ2v) is 16.1. The number of amides is 2. The minimum absolute atomic E-state index is 0.163. The molecule has 0 radical (unpaired) electrons. The lowest BCUT2D eigenvalue weighted by Gasteiger charge is -2.37. The molecule has 5 aromatic rings. The molecule has 1 atom stereocenters. The van der Waals surface area contributed by atoms with Crippen molar-refractivity contribution in [3.8, 4) is 0 Å². The zero-order chi connectivity index (χ0) is 38.6. The Hall–Kier alpha value is -5.01. The Balaban J connectivity index is 1.48. The quantitative estimate of drug-likeness (QED) is 0.0693. The van der Waals surface area contributed by atoms with Crippen LogP contribution in [-0.2, 0) is 15.9 Å². The van der Waals surface area contributed by atoms with Crippen LogP contribution in [0, 0.1) is 13.8 Å². The summed E-state index contributed by atoms with van der Waals surface area (Å²) in [6, 6.07) is 43.2. The molecule has 0 unspecified atom stereocenters. The Morgan fingerprint density at radius 2 is 1.31 bits per heavy atom. The molecule has 7 heteroatoms. The molecule has 0 spiro atoms. The van der Waals surface area contributed by atoms with Crippen molar-refractivity contribution in [2.75, 3.05) is 22.9 Å². The maximum atomic E-state index is 13.6. The topological polar surface area (TPSA) is 79.5 Å². The number of benzene rings is 5. The summed E-state index contributed by atoms with van der Waals surface area (Å²) in [6.45, 7) is 12.3. The Bertz CT molecular complexity index is 1860. The molecule has 0 aliphatic rings. The molecule has 6 nitrogen and oxygen atoms in total. The largest absolute Gasteiger partial charge is 0.444 e. The van der Waals surface area contributed by atoms with Crippen LogP contribution in [0.25, 0.3) is 0 Å². The van der Waals surface area contributed by atoms with E-state index in [0.717, 1.165) is 70.4 Å². The fourth-order valence-electron chi connectivity index (χ4n) is 6.60.